The number of sulfonamides is 1. The van der Waals surface area contributed by atoms with E-state index in [1.807, 2.05) is 25.1 Å². The molecule has 1 fully saturated rings. The Morgan fingerprint density at radius 1 is 1.13 bits per heavy atom. The van der Waals surface area contributed by atoms with E-state index in [1.54, 1.807) is 24.3 Å². The fourth-order valence-electron chi connectivity index (χ4n) is 5.27. The van der Waals surface area contributed by atoms with Crippen molar-refractivity contribution in [3.63, 3.8) is 0 Å². The zero-order chi connectivity index (χ0) is 21.8. The number of aryl methyl sites for hydroxylation is 1. The number of hydrogen-bond acceptors (Lipinski definition) is 4. The van der Waals surface area contributed by atoms with Gasteiger partial charge in [-0.05, 0) is 48.1 Å². The lowest BCUT2D eigenvalue weighted by Gasteiger charge is -2.39. The number of allylic oxidation sites excluding steroid dienone is 2. The molecule has 0 radical (unpaired) electrons. The van der Waals surface area contributed by atoms with Gasteiger partial charge in [0.25, 0.3) is 0 Å². The Bertz CT molecular complexity index is 1210. The lowest BCUT2D eigenvalue weighted by Crippen LogP contribution is -2.42. The van der Waals surface area contributed by atoms with Gasteiger partial charge in [-0.3, -0.25) is 4.79 Å². The average molecular weight is 436 g/mol. The highest BCUT2D eigenvalue weighted by atomic mass is 32.2. The highest BCUT2D eigenvalue weighted by Gasteiger charge is 2.57. The van der Waals surface area contributed by atoms with E-state index in [9.17, 15) is 13.2 Å². The number of methoxy groups -OCH3 is 1. The number of rotatable bonds is 3. The summed E-state index contributed by atoms with van der Waals surface area (Å²) in [5, 5.41) is 0. The first-order chi connectivity index (χ1) is 14.8. The molecule has 5 nitrogen and oxygen atoms in total. The molecule has 5 rings (SSSR count). The zero-order valence-electron chi connectivity index (χ0n) is 17.6. The van der Waals surface area contributed by atoms with Gasteiger partial charge < -0.3 is 4.74 Å². The van der Waals surface area contributed by atoms with Gasteiger partial charge in [0, 0.05) is 19.0 Å². The van der Waals surface area contributed by atoms with Crippen LogP contribution in [0, 0.1) is 24.2 Å². The van der Waals surface area contributed by atoms with Crippen molar-refractivity contribution in [3.8, 4) is 0 Å². The molecule has 0 spiro atoms. The molecule has 0 aromatic heterocycles. The smallest absolute Gasteiger partial charge is 0.317 e. The summed E-state index contributed by atoms with van der Waals surface area (Å²) in [7, 11) is -2.33. The molecule has 0 amide bonds. The van der Waals surface area contributed by atoms with Crippen LogP contribution in [-0.2, 0) is 19.6 Å². The molecule has 2 aromatic rings. The summed E-state index contributed by atoms with van der Waals surface area (Å²) in [6.07, 6.45) is 7.01. The summed E-state index contributed by atoms with van der Waals surface area (Å²) in [6.45, 7) is 2.33. The predicted octanol–water partition coefficient (Wildman–Crippen LogP) is 3.91. The SMILES string of the molecule is COC(=O)[C@@]12C=C3c4ccccc4C=CC3C[C@@H]1CN(S(=O)(=O)c1ccc(C)cc1)C2. The number of carbonyl (C=O) groups is 1. The molecule has 0 N–H and O–H groups in total. The minimum atomic E-state index is -3.71. The van der Waals surface area contributed by atoms with Crippen LogP contribution in [0.1, 0.15) is 23.1 Å². The molecule has 1 saturated heterocycles. The number of nitrogens with zero attached hydrogens (tertiary/aromatic N) is 1. The second-order valence-corrected chi connectivity index (χ2v) is 10.7. The molecular formula is C25H25NO4S. The second kappa shape index (κ2) is 7.18. The van der Waals surface area contributed by atoms with Crippen LogP contribution >= 0.6 is 0 Å². The molecule has 1 aliphatic heterocycles. The normalized spacial score (nSPS) is 27.1. The first kappa shape index (κ1) is 20.2. The maximum Gasteiger partial charge on any atom is 0.317 e. The van der Waals surface area contributed by atoms with Crippen LogP contribution in [0.3, 0.4) is 0 Å². The van der Waals surface area contributed by atoms with E-state index in [0.717, 1.165) is 22.3 Å². The van der Waals surface area contributed by atoms with Crippen molar-refractivity contribution in [1.82, 2.24) is 4.31 Å². The quantitative estimate of drug-likeness (QED) is 0.686. The largest absolute Gasteiger partial charge is 0.468 e. The first-order valence-corrected chi connectivity index (χ1v) is 11.9. The van der Waals surface area contributed by atoms with Gasteiger partial charge in [-0.15, -0.1) is 0 Å². The number of carbonyl (C=O) groups excluding carboxylic acids is 1. The number of esters is 1. The Kier molecular flexibility index (Phi) is 4.68. The predicted molar refractivity (Wildman–Crippen MR) is 119 cm³/mol. The molecule has 0 bridgehead atoms. The number of ether oxygens (including phenoxy) is 1. The minimum absolute atomic E-state index is 0.0999. The van der Waals surface area contributed by atoms with E-state index in [4.69, 9.17) is 4.74 Å². The average Bonchev–Trinajstić information content (AvgIpc) is 3.18. The van der Waals surface area contributed by atoms with Crippen molar-refractivity contribution in [2.45, 2.75) is 18.2 Å². The summed E-state index contributed by atoms with van der Waals surface area (Å²) in [4.78, 5) is 13.4. The molecular weight excluding hydrogens is 410 g/mol. The first-order valence-electron chi connectivity index (χ1n) is 10.5. The number of fused-ring (bicyclic) bond motifs is 4. The highest BCUT2D eigenvalue weighted by Crippen LogP contribution is 2.53. The van der Waals surface area contributed by atoms with E-state index in [2.05, 4.69) is 24.3 Å². The maximum atomic E-state index is 13.4. The van der Waals surface area contributed by atoms with Gasteiger partial charge in [-0.2, -0.15) is 4.31 Å². The molecule has 160 valence electrons. The lowest BCUT2D eigenvalue weighted by molar-refractivity contribution is -0.151. The Balaban J connectivity index is 1.59. The molecule has 2 aliphatic carbocycles. The highest BCUT2D eigenvalue weighted by molar-refractivity contribution is 7.89. The third-order valence-corrected chi connectivity index (χ3v) is 8.77. The Morgan fingerprint density at radius 3 is 2.61 bits per heavy atom. The van der Waals surface area contributed by atoms with E-state index in [1.165, 1.54) is 11.4 Å². The maximum absolute atomic E-state index is 13.4. The van der Waals surface area contributed by atoms with Gasteiger partial charge in [-0.25, -0.2) is 8.42 Å². The van der Waals surface area contributed by atoms with Gasteiger partial charge in [-0.1, -0.05) is 60.2 Å². The number of hydrogen-bond donors (Lipinski definition) is 0. The Morgan fingerprint density at radius 2 is 1.87 bits per heavy atom. The van der Waals surface area contributed by atoms with Crippen LogP contribution in [0.5, 0.6) is 0 Å². The summed E-state index contributed by atoms with van der Waals surface area (Å²) >= 11 is 0. The van der Waals surface area contributed by atoms with Crippen molar-refractivity contribution < 1.29 is 17.9 Å². The van der Waals surface area contributed by atoms with Crippen LogP contribution in [0.4, 0.5) is 0 Å². The van der Waals surface area contributed by atoms with Gasteiger partial charge >= 0.3 is 5.97 Å². The van der Waals surface area contributed by atoms with Gasteiger partial charge in [0.1, 0.15) is 5.41 Å². The van der Waals surface area contributed by atoms with Crippen LogP contribution in [-0.4, -0.2) is 38.9 Å². The van der Waals surface area contributed by atoms with Crippen LogP contribution in [0.25, 0.3) is 11.6 Å². The number of benzene rings is 2. The Labute approximate surface area is 183 Å². The second-order valence-electron chi connectivity index (χ2n) is 8.73. The molecule has 6 heteroatoms. The van der Waals surface area contributed by atoms with Gasteiger partial charge in [0.15, 0.2) is 0 Å². The molecule has 0 saturated carbocycles. The fourth-order valence-corrected chi connectivity index (χ4v) is 6.81. The van der Waals surface area contributed by atoms with Gasteiger partial charge in [0.2, 0.25) is 10.0 Å². The van der Waals surface area contributed by atoms with Gasteiger partial charge in [0.05, 0.1) is 12.0 Å². The summed E-state index contributed by atoms with van der Waals surface area (Å²) in [6, 6.07) is 15.0. The van der Waals surface area contributed by atoms with Crippen molar-refractivity contribution in [1.29, 1.82) is 0 Å². The van der Waals surface area contributed by atoms with Crippen LogP contribution < -0.4 is 0 Å². The van der Waals surface area contributed by atoms with E-state index in [0.29, 0.717) is 13.0 Å². The van der Waals surface area contributed by atoms with Crippen molar-refractivity contribution in [2.24, 2.45) is 17.3 Å². The van der Waals surface area contributed by atoms with Crippen molar-refractivity contribution in [2.75, 3.05) is 20.2 Å². The lowest BCUT2D eigenvalue weighted by atomic mass is 9.64. The molecule has 2 aromatic carbocycles. The Hall–Kier alpha value is -2.70. The molecule has 1 unspecified atom stereocenters. The summed E-state index contributed by atoms with van der Waals surface area (Å²) in [5.41, 5.74) is 3.34. The molecule has 3 atom stereocenters. The topological polar surface area (TPSA) is 63.7 Å². The molecule has 31 heavy (non-hydrogen) atoms. The monoisotopic (exact) mass is 435 g/mol. The minimum Gasteiger partial charge on any atom is -0.468 e. The summed E-state index contributed by atoms with van der Waals surface area (Å²) in [5.74, 6) is -0.333. The van der Waals surface area contributed by atoms with Crippen LogP contribution in [0.15, 0.2) is 65.6 Å². The fraction of sp³-hybridized carbons (Fsp3) is 0.320. The van der Waals surface area contributed by atoms with Crippen LogP contribution in [0.2, 0.25) is 0 Å². The van der Waals surface area contributed by atoms with E-state index >= 15 is 0 Å². The van der Waals surface area contributed by atoms with Crippen molar-refractivity contribution in [3.05, 3.63) is 77.4 Å². The van der Waals surface area contributed by atoms with Crippen molar-refractivity contribution >= 4 is 27.6 Å². The third kappa shape index (κ3) is 3.08. The third-order valence-electron chi connectivity index (χ3n) is 6.95. The van der Waals surface area contributed by atoms with E-state index < -0.39 is 15.4 Å². The molecule has 1 heterocycles. The van der Waals surface area contributed by atoms with E-state index in [-0.39, 0.29) is 29.2 Å². The summed E-state index contributed by atoms with van der Waals surface area (Å²) < 4.78 is 33.5. The molecule has 3 aliphatic rings. The zero-order valence-corrected chi connectivity index (χ0v) is 18.4. The standard InChI is InChI=1S/C25H25NO4S/c1-17-7-11-21(12-8-17)31(28,29)26-15-20-13-19-10-9-18-5-3-4-6-22(18)23(19)14-25(20,16-26)24(27)30-2/h3-12,14,19-20H,13,15-16H2,1-2H3/t19?,20-,25-/m1/s1.